The number of carbonyl (C=O) groups excluding carboxylic acids is 2. The van der Waals surface area contributed by atoms with Crippen molar-refractivity contribution in [3.05, 3.63) is 65.0 Å². The first-order chi connectivity index (χ1) is 15.7. The van der Waals surface area contributed by atoms with E-state index in [1.165, 1.54) is 0 Å². The Hall–Kier alpha value is -2.83. The maximum absolute atomic E-state index is 13.7. The van der Waals surface area contributed by atoms with Crippen LogP contribution in [-0.2, 0) is 20.7 Å². The van der Waals surface area contributed by atoms with Gasteiger partial charge in [-0.3, -0.25) is 14.6 Å². The van der Waals surface area contributed by atoms with Gasteiger partial charge in [-0.1, -0.05) is 18.2 Å². The van der Waals surface area contributed by atoms with Gasteiger partial charge in [0.05, 0.1) is 12.2 Å². The highest BCUT2D eigenvalue weighted by Crippen LogP contribution is 2.41. The smallest absolute Gasteiger partial charge is 0.207 e. The topological polar surface area (TPSA) is 68.7 Å². The minimum absolute atomic E-state index is 0.0522. The van der Waals surface area contributed by atoms with Crippen LogP contribution in [0.4, 0.5) is 0 Å². The zero-order chi connectivity index (χ0) is 22.1. The van der Waals surface area contributed by atoms with E-state index in [9.17, 15) is 9.59 Å². The van der Waals surface area contributed by atoms with Gasteiger partial charge >= 0.3 is 0 Å². The molecule has 1 aromatic carbocycles. The lowest BCUT2D eigenvalue weighted by molar-refractivity contribution is -0.122. The van der Waals surface area contributed by atoms with Crippen LogP contribution in [0.1, 0.15) is 46.3 Å². The van der Waals surface area contributed by atoms with E-state index in [1.54, 1.807) is 19.5 Å². The monoisotopic (exact) mass is 432 g/mol. The molecular weight excluding hydrogens is 404 g/mol. The van der Waals surface area contributed by atoms with E-state index >= 15 is 0 Å². The molecule has 0 amide bonds. The molecule has 32 heavy (non-hydrogen) atoms. The van der Waals surface area contributed by atoms with Gasteiger partial charge in [-0.05, 0) is 55.6 Å². The summed E-state index contributed by atoms with van der Waals surface area (Å²) in [6.45, 7) is 3.54. The molecular formula is C26H28N2O4. The molecule has 6 nitrogen and oxygen atoms in total. The number of piperidine rings is 1. The maximum atomic E-state index is 13.7. The molecule has 1 saturated heterocycles. The van der Waals surface area contributed by atoms with Gasteiger partial charge in [0.2, 0.25) is 5.78 Å². The number of ketones is 2. The molecule has 2 aliphatic heterocycles. The number of hydrogen-bond acceptors (Lipinski definition) is 6. The molecule has 1 aromatic heterocycles. The number of fused-ring (bicyclic) bond motifs is 1. The molecule has 0 bridgehead atoms. The van der Waals surface area contributed by atoms with Crippen LogP contribution in [0, 0.1) is 5.92 Å². The van der Waals surface area contributed by atoms with Crippen molar-refractivity contribution < 1.29 is 19.1 Å². The van der Waals surface area contributed by atoms with Gasteiger partial charge in [-0.2, -0.15) is 0 Å². The van der Waals surface area contributed by atoms with Crippen molar-refractivity contribution in [1.29, 1.82) is 0 Å². The minimum atomic E-state index is -0.465. The summed E-state index contributed by atoms with van der Waals surface area (Å²) in [6.07, 6.45) is 6.11. The van der Waals surface area contributed by atoms with Gasteiger partial charge in [-0.25, -0.2) is 0 Å². The SMILES string of the molecule is COCCN1CCC(C2OC(c3ccncc3)=C(c3ccc4c(c3)CCC4=O)C2=O)CC1. The zero-order valence-electron chi connectivity index (χ0n) is 18.4. The Bertz CT molecular complexity index is 1050. The molecule has 3 heterocycles. The molecule has 2 aromatic rings. The molecule has 0 N–H and O–H groups in total. The summed E-state index contributed by atoms with van der Waals surface area (Å²) in [5.41, 5.74) is 4.14. The van der Waals surface area contributed by atoms with Crippen LogP contribution in [0.2, 0.25) is 0 Å². The quantitative estimate of drug-likeness (QED) is 0.697. The number of rotatable bonds is 6. The van der Waals surface area contributed by atoms with Gasteiger partial charge in [0, 0.05) is 49.5 Å². The number of carbonyl (C=O) groups is 2. The van der Waals surface area contributed by atoms with E-state index in [0.717, 1.165) is 67.8 Å². The number of ether oxygens (including phenoxy) is 2. The average molecular weight is 433 g/mol. The summed E-state index contributed by atoms with van der Waals surface area (Å²) in [6, 6.07) is 9.54. The standard InChI is InChI=1S/C26H28N2O4/c1-31-15-14-28-12-8-18(9-13-28)26-24(30)23(25(32-26)17-6-10-27-11-7-17)20-2-4-21-19(16-20)3-5-22(21)29/h2,4,6-7,10-11,16,18,26H,3,5,8-9,12-15H2,1H3. The Morgan fingerprint density at radius 3 is 2.59 bits per heavy atom. The molecule has 1 aliphatic carbocycles. The number of pyridine rings is 1. The molecule has 0 radical (unpaired) electrons. The number of hydrogen-bond donors (Lipinski definition) is 0. The van der Waals surface area contributed by atoms with E-state index in [0.29, 0.717) is 17.8 Å². The molecule has 1 atom stereocenters. The fourth-order valence-electron chi connectivity index (χ4n) is 5.10. The molecule has 166 valence electrons. The third-order valence-electron chi connectivity index (χ3n) is 6.91. The predicted molar refractivity (Wildman–Crippen MR) is 121 cm³/mol. The van der Waals surface area contributed by atoms with Crippen molar-refractivity contribution in [2.75, 3.05) is 33.4 Å². The highest BCUT2D eigenvalue weighted by atomic mass is 16.5. The van der Waals surface area contributed by atoms with Crippen LogP contribution in [0.3, 0.4) is 0 Å². The molecule has 3 aliphatic rings. The third kappa shape index (κ3) is 3.89. The van der Waals surface area contributed by atoms with Crippen molar-refractivity contribution in [2.45, 2.75) is 31.8 Å². The Morgan fingerprint density at radius 2 is 1.84 bits per heavy atom. The van der Waals surface area contributed by atoms with E-state index < -0.39 is 6.10 Å². The summed E-state index contributed by atoms with van der Waals surface area (Å²) in [5.74, 6) is 1.05. The minimum Gasteiger partial charge on any atom is -0.481 e. The lowest BCUT2D eigenvalue weighted by Gasteiger charge is -2.33. The van der Waals surface area contributed by atoms with Crippen molar-refractivity contribution in [1.82, 2.24) is 9.88 Å². The number of nitrogens with zero attached hydrogens (tertiary/aromatic N) is 2. The van der Waals surface area contributed by atoms with Gasteiger partial charge in [-0.15, -0.1) is 0 Å². The number of Topliss-reactive ketones (excluding diaryl/α,β-unsaturated/α-hetero) is 2. The molecule has 5 rings (SSSR count). The predicted octanol–water partition coefficient (Wildman–Crippen LogP) is 3.41. The van der Waals surface area contributed by atoms with Crippen molar-refractivity contribution in [2.24, 2.45) is 5.92 Å². The molecule has 1 unspecified atom stereocenters. The Labute approximate surface area is 188 Å². The molecule has 6 heteroatoms. The van der Waals surface area contributed by atoms with Crippen LogP contribution >= 0.6 is 0 Å². The van der Waals surface area contributed by atoms with Crippen LogP contribution < -0.4 is 0 Å². The van der Waals surface area contributed by atoms with Gasteiger partial charge in [0.1, 0.15) is 5.76 Å². The zero-order valence-corrected chi connectivity index (χ0v) is 18.4. The maximum Gasteiger partial charge on any atom is 0.207 e. The Morgan fingerprint density at radius 1 is 1.06 bits per heavy atom. The number of aromatic nitrogens is 1. The van der Waals surface area contributed by atoms with Crippen molar-refractivity contribution >= 4 is 22.9 Å². The number of methoxy groups -OCH3 is 1. The first-order valence-corrected chi connectivity index (χ1v) is 11.4. The Balaban J connectivity index is 1.44. The van der Waals surface area contributed by atoms with Gasteiger partial charge < -0.3 is 14.4 Å². The van der Waals surface area contributed by atoms with Crippen LogP contribution in [0.15, 0.2) is 42.7 Å². The fourth-order valence-corrected chi connectivity index (χ4v) is 5.10. The highest BCUT2D eigenvalue weighted by Gasteiger charge is 2.42. The number of aryl methyl sites for hydroxylation is 1. The highest BCUT2D eigenvalue weighted by molar-refractivity contribution is 6.31. The molecule has 0 saturated carbocycles. The summed E-state index contributed by atoms with van der Waals surface area (Å²) in [7, 11) is 1.72. The number of likely N-dealkylation sites (tertiary alicyclic amines) is 1. The van der Waals surface area contributed by atoms with Crippen molar-refractivity contribution in [3.63, 3.8) is 0 Å². The third-order valence-corrected chi connectivity index (χ3v) is 6.91. The second-order valence-corrected chi connectivity index (χ2v) is 8.81. The second kappa shape index (κ2) is 8.96. The fraction of sp³-hybridized carbons (Fsp3) is 0.423. The molecule has 0 spiro atoms. The first-order valence-electron chi connectivity index (χ1n) is 11.4. The first kappa shape index (κ1) is 21.0. The summed E-state index contributed by atoms with van der Waals surface area (Å²) < 4.78 is 11.6. The molecule has 1 fully saturated rings. The van der Waals surface area contributed by atoms with E-state index in [4.69, 9.17) is 9.47 Å². The van der Waals surface area contributed by atoms with Crippen LogP contribution in [-0.4, -0.2) is 60.9 Å². The van der Waals surface area contributed by atoms with Gasteiger partial charge in [0.25, 0.3) is 0 Å². The lowest BCUT2D eigenvalue weighted by atomic mass is 9.86. The summed E-state index contributed by atoms with van der Waals surface area (Å²) >= 11 is 0. The largest absolute Gasteiger partial charge is 0.481 e. The second-order valence-electron chi connectivity index (χ2n) is 8.81. The lowest BCUT2D eigenvalue weighted by Crippen LogP contribution is -2.41. The van der Waals surface area contributed by atoms with Crippen molar-refractivity contribution in [3.8, 4) is 0 Å². The van der Waals surface area contributed by atoms with Gasteiger partial charge in [0.15, 0.2) is 11.9 Å². The normalized spacial score (nSPS) is 21.8. The Kier molecular flexibility index (Phi) is 5.89. The number of benzene rings is 1. The van der Waals surface area contributed by atoms with Crippen LogP contribution in [0.5, 0.6) is 0 Å². The average Bonchev–Trinajstić information content (AvgIpc) is 3.38. The summed E-state index contributed by atoms with van der Waals surface area (Å²) in [4.78, 5) is 32.3. The summed E-state index contributed by atoms with van der Waals surface area (Å²) in [5, 5.41) is 0. The van der Waals surface area contributed by atoms with Crippen LogP contribution in [0.25, 0.3) is 11.3 Å². The van der Waals surface area contributed by atoms with E-state index in [2.05, 4.69) is 9.88 Å². The van der Waals surface area contributed by atoms with E-state index in [1.807, 2.05) is 30.3 Å². The van der Waals surface area contributed by atoms with E-state index in [-0.39, 0.29) is 17.5 Å².